The average Bonchev–Trinajstić information content (AvgIpc) is 3.95. The second-order valence-electron chi connectivity index (χ2n) is 16.8. The van der Waals surface area contributed by atoms with Crippen molar-refractivity contribution in [2.75, 3.05) is 16.5 Å². The van der Waals surface area contributed by atoms with E-state index in [1.54, 1.807) is 0 Å². The van der Waals surface area contributed by atoms with Gasteiger partial charge in [0.2, 0.25) is 0 Å². The van der Waals surface area contributed by atoms with Gasteiger partial charge in [-0.05, 0) is 71.8 Å². The summed E-state index contributed by atoms with van der Waals surface area (Å²) in [5.41, 5.74) is 12.5. The Balaban J connectivity index is 0.00000264. The molecule has 0 saturated heterocycles. The maximum atomic E-state index is 6.56. The van der Waals surface area contributed by atoms with E-state index in [2.05, 4.69) is 167 Å². The number of allylic oxidation sites excluding steroid dienone is 2. The molecule has 10 rings (SSSR count). The molecule has 0 saturated carbocycles. The van der Waals surface area contributed by atoms with Crippen molar-refractivity contribution in [3.8, 4) is 17.5 Å². The molecule has 0 fully saturated rings. The molecule has 7 aromatic carbocycles. The van der Waals surface area contributed by atoms with E-state index in [-0.39, 0.29) is 39.3 Å². The van der Waals surface area contributed by atoms with Crippen LogP contribution in [0.5, 0.6) is 11.5 Å². The molecule has 9 aromatic rings. The zero-order valence-electron chi connectivity index (χ0n) is 36.1. The second kappa shape index (κ2) is 16.5. The van der Waals surface area contributed by atoms with Gasteiger partial charge in [0.05, 0.1) is 6.67 Å². The molecule has 0 N–H and O–H groups in total. The van der Waals surface area contributed by atoms with Crippen LogP contribution in [-0.2, 0) is 31.9 Å². The van der Waals surface area contributed by atoms with Gasteiger partial charge in [-0.3, -0.25) is 4.57 Å². The number of para-hydroxylation sites is 3. The Kier molecular flexibility index (Phi) is 11.3. The molecule has 0 bridgehead atoms. The van der Waals surface area contributed by atoms with Gasteiger partial charge in [0.15, 0.2) is 5.58 Å². The maximum Gasteiger partial charge on any atom is 0.305 e. The zero-order chi connectivity index (χ0) is 41.2. The second-order valence-corrected chi connectivity index (χ2v) is 16.8. The number of anilines is 2. The summed E-state index contributed by atoms with van der Waals surface area (Å²) < 4.78 is 14.9. The first-order valence-corrected chi connectivity index (χ1v) is 20.6. The summed E-state index contributed by atoms with van der Waals surface area (Å²) in [4.78, 5) is 9.59. The number of hydrogen-bond acceptors (Lipinski definition) is 5. The monoisotopic (exact) mass is 992 g/mol. The fraction of sp³-hybridized carbons (Fsp3) is 0.164. The third kappa shape index (κ3) is 7.30. The number of ether oxygens (including phenoxy) is 1. The minimum Gasteiger partial charge on any atom is -0.509 e. The van der Waals surface area contributed by atoms with Gasteiger partial charge in [0.25, 0.3) is 0 Å². The third-order valence-corrected chi connectivity index (χ3v) is 12.6. The summed E-state index contributed by atoms with van der Waals surface area (Å²) in [5, 5.41) is 2.13. The predicted octanol–water partition coefficient (Wildman–Crippen LogP) is 14.0. The van der Waals surface area contributed by atoms with E-state index in [0.717, 1.165) is 44.3 Å². The minimum absolute atomic E-state index is 0. The number of hydrogen-bond donors (Lipinski definition) is 0. The third-order valence-electron chi connectivity index (χ3n) is 12.6. The van der Waals surface area contributed by atoms with Crippen molar-refractivity contribution in [3.05, 3.63) is 211 Å². The fourth-order valence-electron chi connectivity index (χ4n) is 8.67. The van der Waals surface area contributed by atoms with Crippen LogP contribution in [0.15, 0.2) is 174 Å². The largest absolute Gasteiger partial charge is 0.509 e. The van der Waals surface area contributed by atoms with Gasteiger partial charge < -0.3 is 26.4 Å². The van der Waals surface area contributed by atoms with Crippen molar-refractivity contribution in [3.63, 3.8) is 0 Å². The molecule has 0 atom stereocenters. The molecule has 3 heterocycles. The minimum atomic E-state index is -0.221. The molecule has 0 spiro atoms. The van der Waals surface area contributed by atoms with Crippen molar-refractivity contribution in [2.24, 2.45) is 0 Å². The molecule has 314 valence electrons. The molecule has 62 heavy (non-hydrogen) atoms. The molecule has 2 aromatic heterocycles. The van der Waals surface area contributed by atoms with Crippen molar-refractivity contribution in [1.29, 1.82) is 0 Å². The Morgan fingerprint density at radius 3 is 1.85 bits per heavy atom. The van der Waals surface area contributed by atoms with Gasteiger partial charge >= 0.3 is 6.01 Å². The Labute approximate surface area is 379 Å². The Bertz CT molecular complexity index is 2990. The van der Waals surface area contributed by atoms with Gasteiger partial charge in [-0.2, -0.15) is 17.1 Å². The van der Waals surface area contributed by atoms with Crippen LogP contribution in [-0.4, -0.2) is 16.2 Å². The van der Waals surface area contributed by atoms with E-state index in [1.165, 1.54) is 33.6 Å². The van der Waals surface area contributed by atoms with Crippen LogP contribution in [0, 0.1) is 19.6 Å². The first kappa shape index (κ1) is 42.3. The molecule has 0 amide bonds. The van der Waals surface area contributed by atoms with Gasteiger partial charge in [0.1, 0.15) is 5.52 Å². The van der Waals surface area contributed by atoms with Gasteiger partial charge in [0, 0.05) is 66.0 Å². The van der Waals surface area contributed by atoms with Gasteiger partial charge in [-0.25, -0.2) is 0 Å². The maximum absolute atomic E-state index is 6.56. The van der Waals surface area contributed by atoms with Crippen LogP contribution in [0.1, 0.15) is 63.8 Å². The van der Waals surface area contributed by atoms with Crippen molar-refractivity contribution < 1.29 is 30.2 Å². The summed E-state index contributed by atoms with van der Waals surface area (Å²) in [7, 11) is 0. The van der Waals surface area contributed by atoms with E-state index in [4.69, 9.17) is 14.1 Å². The summed E-state index contributed by atoms with van der Waals surface area (Å²) in [5.74, 6) is 1.18. The smallest absolute Gasteiger partial charge is 0.305 e. The van der Waals surface area contributed by atoms with Gasteiger partial charge in [-0.1, -0.05) is 136 Å². The molecule has 0 unspecified atom stereocenters. The van der Waals surface area contributed by atoms with E-state index >= 15 is 0 Å². The number of nitrogens with zero attached hydrogens (tertiary/aromatic N) is 4. The van der Waals surface area contributed by atoms with E-state index in [9.17, 15) is 0 Å². The van der Waals surface area contributed by atoms with Crippen LogP contribution in [0.25, 0.3) is 38.9 Å². The Hall–Kier alpha value is -6.36. The normalized spacial score (nSPS) is 13.2. The van der Waals surface area contributed by atoms with E-state index in [0.29, 0.717) is 24.2 Å². The van der Waals surface area contributed by atoms with Crippen molar-refractivity contribution in [1.82, 2.24) is 9.55 Å². The van der Waals surface area contributed by atoms with E-state index in [1.807, 2.05) is 59.2 Å². The number of aromatic nitrogens is 2. The molecule has 7 heteroatoms. The molecule has 1 aliphatic rings. The number of oxazole rings is 1. The first-order chi connectivity index (χ1) is 29.1. The standard InChI is InChI=1S/C54H46N4O2.CH3.Pt/c1-36-37(2)57(43-31-40(53(3,4)38-18-9-7-10-19-38)30-41(32-43)54(5,6)39-20-11-8-12-21-39)35-56(36)42-22-17-23-44(33-42)59-45-28-29-47-46-24-13-15-26-49(46)58(50(47)34-45)52-55-48-25-14-16-27-51(48)60-52;;/h7-32H,35H2,1-6H3;1H3;/q-2;-1;. The topological polar surface area (TPSA) is 46.7 Å². The van der Waals surface area contributed by atoms with Crippen molar-refractivity contribution >= 4 is 44.3 Å². The van der Waals surface area contributed by atoms with Crippen LogP contribution in [0.3, 0.4) is 0 Å². The fourth-order valence-corrected chi connectivity index (χ4v) is 8.67. The SMILES string of the molecule is CC1=C(C)N(c2cc(C(C)(C)c3ccccc3)cc(C(C)(C)c3ccccc3)c2)CN1c1[c-]c(Oc2[c-]c3c(cc2)c2ccccc2n3-c2nc3ccccc3o2)ccc1.[CH3-].[Pt]. The summed E-state index contributed by atoms with van der Waals surface area (Å²) in [6, 6.07) is 62.7. The molecule has 0 aliphatic carbocycles. The zero-order valence-corrected chi connectivity index (χ0v) is 38.4. The van der Waals surface area contributed by atoms with Crippen molar-refractivity contribution in [2.45, 2.75) is 52.4 Å². The average molecular weight is 993 g/mol. The molecule has 1 aliphatic heterocycles. The molecular formula is C55H49N4O2Pt-3. The van der Waals surface area contributed by atoms with Crippen LogP contribution in [0.4, 0.5) is 11.4 Å². The summed E-state index contributed by atoms with van der Waals surface area (Å²) in [6.45, 7) is 14.4. The Morgan fingerprint density at radius 2 is 1.18 bits per heavy atom. The molecule has 0 radical (unpaired) electrons. The van der Waals surface area contributed by atoms with Gasteiger partial charge in [-0.15, -0.1) is 35.7 Å². The summed E-state index contributed by atoms with van der Waals surface area (Å²) in [6.07, 6.45) is 0. The first-order valence-electron chi connectivity index (χ1n) is 20.6. The number of fused-ring (bicyclic) bond motifs is 4. The molecular weight excluding hydrogens is 944 g/mol. The summed E-state index contributed by atoms with van der Waals surface area (Å²) >= 11 is 0. The molecule has 6 nitrogen and oxygen atoms in total. The van der Waals surface area contributed by atoms with Crippen LogP contribution < -0.4 is 14.5 Å². The Morgan fingerprint density at radius 1 is 0.581 bits per heavy atom. The van der Waals surface area contributed by atoms with Crippen LogP contribution in [0.2, 0.25) is 0 Å². The van der Waals surface area contributed by atoms with E-state index < -0.39 is 0 Å². The van der Waals surface area contributed by atoms with Crippen LogP contribution >= 0.6 is 0 Å². The number of benzene rings is 7. The quantitative estimate of drug-likeness (QED) is 0.135. The number of rotatable bonds is 9. The predicted molar refractivity (Wildman–Crippen MR) is 251 cm³/mol.